The van der Waals surface area contributed by atoms with Crippen LogP contribution in [0.4, 0.5) is 0 Å². The number of hydrogen-bond acceptors (Lipinski definition) is 4. The molecule has 5 rings (SSSR count). The maximum Gasteiger partial charge on any atom is 0.255 e. The Morgan fingerprint density at radius 2 is 1.77 bits per heavy atom. The van der Waals surface area contributed by atoms with Gasteiger partial charge in [-0.25, -0.2) is 8.42 Å². The van der Waals surface area contributed by atoms with E-state index >= 15 is 0 Å². The van der Waals surface area contributed by atoms with Gasteiger partial charge in [-0.15, -0.1) is 0 Å². The van der Waals surface area contributed by atoms with E-state index in [1.54, 1.807) is 45.9 Å². The molecule has 3 aromatic rings. The summed E-state index contributed by atoms with van der Waals surface area (Å²) in [6, 6.07) is 20.2. The van der Waals surface area contributed by atoms with E-state index < -0.39 is 15.6 Å². The van der Waals surface area contributed by atoms with Crippen LogP contribution in [0.3, 0.4) is 0 Å². The number of nitrogens with zero attached hydrogens (tertiary/aromatic N) is 3. The molecule has 2 aliphatic rings. The van der Waals surface area contributed by atoms with Crippen LogP contribution >= 0.6 is 0 Å². The zero-order valence-electron chi connectivity index (χ0n) is 16.3. The number of sulfonamides is 1. The van der Waals surface area contributed by atoms with Crippen LogP contribution < -0.4 is 0 Å². The summed E-state index contributed by atoms with van der Waals surface area (Å²) in [5.41, 5.74) is 1.45. The summed E-state index contributed by atoms with van der Waals surface area (Å²) in [4.78, 5) is 19.2. The van der Waals surface area contributed by atoms with Crippen molar-refractivity contribution in [3.05, 3.63) is 95.8 Å². The molecule has 2 aliphatic heterocycles. The van der Waals surface area contributed by atoms with Crippen LogP contribution in [-0.2, 0) is 22.1 Å². The van der Waals surface area contributed by atoms with Crippen molar-refractivity contribution >= 4 is 15.9 Å². The lowest BCUT2D eigenvalue weighted by atomic mass is 9.88. The van der Waals surface area contributed by atoms with Crippen molar-refractivity contribution < 1.29 is 13.2 Å². The van der Waals surface area contributed by atoms with E-state index in [2.05, 4.69) is 4.98 Å². The molecular weight excluding hydrogens is 398 g/mol. The monoisotopic (exact) mass is 419 g/mol. The number of rotatable bonds is 3. The van der Waals surface area contributed by atoms with Crippen molar-refractivity contribution in [2.45, 2.75) is 23.4 Å². The van der Waals surface area contributed by atoms with Gasteiger partial charge >= 0.3 is 0 Å². The first kappa shape index (κ1) is 19.0. The second-order valence-corrected chi connectivity index (χ2v) is 9.57. The van der Waals surface area contributed by atoms with Crippen LogP contribution in [0, 0.1) is 0 Å². The van der Waals surface area contributed by atoms with Crippen molar-refractivity contribution in [1.82, 2.24) is 14.2 Å². The standard InChI is InChI=1S/C23H21N3O3S/c27-22(19-9-6-13-24-15-19)25-14-12-23(17-25)20-10-4-5-11-21(20)30(28,29)26(23)16-18-7-2-1-3-8-18/h1-11,13,15H,12,14,16-17H2/t23-/m1/s1. The Hall–Kier alpha value is -3.03. The molecule has 3 heterocycles. The SMILES string of the molecule is O=C(c1cccnc1)N1CC[C@@]2(C1)c1ccccc1S(=O)(=O)N2Cc1ccccc1. The Labute approximate surface area is 175 Å². The maximum atomic E-state index is 13.5. The number of carbonyl (C=O) groups is 1. The van der Waals surface area contributed by atoms with Gasteiger partial charge in [0.05, 0.1) is 16.0 Å². The summed E-state index contributed by atoms with van der Waals surface area (Å²) < 4.78 is 28.6. The van der Waals surface area contributed by atoms with E-state index in [4.69, 9.17) is 0 Å². The molecule has 0 N–H and O–H groups in total. The molecule has 1 fully saturated rings. The van der Waals surface area contributed by atoms with Crippen molar-refractivity contribution in [2.24, 2.45) is 0 Å². The first-order valence-corrected chi connectivity index (χ1v) is 11.3. The third kappa shape index (κ3) is 2.85. The van der Waals surface area contributed by atoms with E-state index in [1.165, 1.54) is 0 Å². The molecule has 1 aromatic heterocycles. The Morgan fingerprint density at radius 1 is 1.00 bits per heavy atom. The summed E-state index contributed by atoms with van der Waals surface area (Å²) in [5.74, 6) is -0.124. The lowest BCUT2D eigenvalue weighted by molar-refractivity contribution is 0.0762. The van der Waals surface area contributed by atoms with E-state index in [1.807, 2.05) is 42.5 Å². The maximum absolute atomic E-state index is 13.5. The Morgan fingerprint density at radius 3 is 2.53 bits per heavy atom. The van der Waals surface area contributed by atoms with Crippen LogP contribution in [0.5, 0.6) is 0 Å². The molecule has 0 radical (unpaired) electrons. The molecule has 0 aliphatic carbocycles. The highest BCUT2D eigenvalue weighted by Crippen LogP contribution is 2.50. The van der Waals surface area contributed by atoms with Gasteiger partial charge in [0, 0.05) is 32.0 Å². The van der Waals surface area contributed by atoms with Crippen molar-refractivity contribution in [2.75, 3.05) is 13.1 Å². The van der Waals surface area contributed by atoms with Gasteiger partial charge in [-0.05, 0) is 35.7 Å². The average Bonchev–Trinajstić information content (AvgIpc) is 3.30. The van der Waals surface area contributed by atoms with Crippen LogP contribution in [0.2, 0.25) is 0 Å². The number of benzene rings is 2. The predicted octanol–water partition coefficient (Wildman–Crippen LogP) is 3.03. The predicted molar refractivity (Wildman–Crippen MR) is 112 cm³/mol. The molecule has 0 saturated carbocycles. The van der Waals surface area contributed by atoms with Gasteiger partial charge in [0.2, 0.25) is 10.0 Å². The van der Waals surface area contributed by atoms with Crippen molar-refractivity contribution in [1.29, 1.82) is 0 Å². The van der Waals surface area contributed by atoms with Gasteiger partial charge in [-0.2, -0.15) is 4.31 Å². The Kier molecular flexibility index (Phi) is 4.45. The van der Waals surface area contributed by atoms with Crippen LogP contribution in [0.1, 0.15) is 27.9 Å². The average molecular weight is 420 g/mol. The lowest BCUT2D eigenvalue weighted by Gasteiger charge is -2.34. The molecule has 1 amide bonds. The van der Waals surface area contributed by atoms with Crippen LogP contribution in [0.15, 0.2) is 84.0 Å². The van der Waals surface area contributed by atoms with Gasteiger partial charge < -0.3 is 4.90 Å². The summed E-state index contributed by atoms with van der Waals surface area (Å²) >= 11 is 0. The Balaban J connectivity index is 1.57. The Bertz CT molecular complexity index is 1200. The zero-order chi connectivity index (χ0) is 20.8. The van der Waals surface area contributed by atoms with Gasteiger partial charge in [0.25, 0.3) is 5.91 Å². The fourth-order valence-corrected chi connectivity index (χ4v) is 6.66. The second-order valence-electron chi connectivity index (χ2n) is 7.74. The molecule has 0 bridgehead atoms. The van der Waals surface area contributed by atoms with E-state index in [0.29, 0.717) is 30.0 Å². The third-order valence-corrected chi connectivity index (χ3v) is 8.02. The number of carbonyl (C=O) groups excluding carboxylic acids is 1. The largest absolute Gasteiger partial charge is 0.336 e. The second kappa shape index (κ2) is 7.04. The van der Waals surface area contributed by atoms with E-state index in [0.717, 1.165) is 11.1 Å². The van der Waals surface area contributed by atoms with Gasteiger partial charge in [0.1, 0.15) is 0 Å². The summed E-state index contributed by atoms with van der Waals surface area (Å²) in [7, 11) is -3.67. The number of pyridine rings is 1. The number of amides is 1. The highest BCUT2D eigenvalue weighted by molar-refractivity contribution is 7.89. The fourth-order valence-electron chi connectivity index (χ4n) is 4.61. The fraction of sp³-hybridized carbons (Fsp3) is 0.217. The van der Waals surface area contributed by atoms with Crippen molar-refractivity contribution in [3.63, 3.8) is 0 Å². The molecule has 1 saturated heterocycles. The molecule has 30 heavy (non-hydrogen) atoms. The van der Waals surface area contributed by atoms with Crippen molar-refractivity contribution in [3.8, 4) is 0 Å². The summed E-state index contributed by atoms with van der Waals surface area (Å²) in [6.07, 6.45) is 3.74. The zero-order valence-corrected chi connectivity index (χ0v) is 17.1. The minimum atomic E-state index is -3.67. The van der Waals surface area contributed by atoms with Crippen LogP contribution in [-0.4, -0.2) is 41.6 Å². The van der Waals surface area contributed by atoms with E-state index in [-0.39, 0.29) is 12.5 Å². The topological polar surface area (TPSA) is 70.6 Å². The number of aromatic nitrogens is 1. The first-order chi connectivity index (χ1) is 14.5. The number of hydrogen-bond donors (Lipinski definition) is 0. The summed E-state index contributed by atoms with van der Waals surface area (Å²) in [5, 5.41) is 0. The highest BCUT2D eigenvalue weighted by atomic mass is 32.2. The van der Waals surface area contributed by atoms with Gasteiger partial charge in [-0.1, -0.05) is 48.5 Å². The number of fused-ring (bicyclic) bond motifs is 2. The molecule has 1 atom stereocenters. The minimum absolute atomic E-state index is 0.124. The summed E-state index contributed by atoms with van der Waals surface area (Å²) in [6.45, 7) is 1.08. The van der Waals surface area contributed by atoms with E-state index in [9.17, 15) is 13.2 Å². The quantitative estimate of drug-likeness (QED) is 0.654. The minimum Gasteiger partial charge on any atom is -0.336 e. The van der Waals surface area contributed by atoms with Gasteiger partial charge in [0.15, 0.2) is 0 Å². The number of likely N-dealkylation sites (tertiary alicyclic amines) is 1. The molecule has 7 heteroatoms. The molecule has 152 valence electrons. The third-order valence-electron chi connectivity index (χ3n) is 6.05. The molecule has 6 nitrogen and oxygen atoms in total. The molecule has 1 spiro atoms. The first-order valence-electron chi connectivity index (χ1n) is 9.88. The highest BCUT2D eigenvalue weighted by Gasteiger charge is 2.57. The molecular formula is C23H21N3O3S. The molecule has 2 aromatic carbocycles. The van der Waals surface area contributed by atoms with Gasteiger partial charge in [-0.3, -0.25) is 9.78 Å². The normalized spacial score (nSPS) is 22.3. The smallest absolute Gasteiger partial charge is 0.255 e. The molecule has 0 unspecified atom stereocenters. The lowest BCUT2D eigenvalue weighted by Crippen LogP contribution is -2.46. The van der Waals surface area contributed by atoms with Crippen LogP contribution in [0.25, 0.3) is 0 Å².